The second kappa shape index (κ2) is 8.39. The standard InChI is InChI=1S/C17H27N3O.ClH/c1-3-11-17(2,18)16(21)19-14-8-7-12-20(13-14)15-9-5-4-6-10-15;/h4-6,9-10,14H,3,7-8,11-13,18H2,1-2H3,(H,19,21);1H. The number of halogens is 1. The van der Waals surface area contributed by atoms with Crippen molar-refractivity contribution in [3.05, 3.63) is 30.3 Å². The number of benzene rings is 1. The fraction of sp³-hybridized carbons (Fsp3) is 0.588. The van der Waals surface area contributed by atoms with Crippen molar-refractivity contribution in [2.75, 3.05) is 18.0 Å². The van der Waals surface area contributed by atoms with E-state index in [4.69, 9.17) is 5.73 Å². The summed E-state index contributed by atoms with van der Waals surface area (Å²) in [6.07, 6.45) is 3.75. The van der Waals surface area contributed by atoms with Crippen molar-refractivity contribution in [3.8, 4) is 0 Å². The number of piperidine rings is 1. The molecule has 1 heterocycles. The normalized spacial score (nSPS) is 20.7. The number of carbonyl (C=O) groups excluding carboxylic acids is 1. The molecular weight excluding hydrogens is 298 g/mol. The molecule has 0 radical (unpaired) electrons. The summed E-state index contributed by atoms with van der Waals surface area (Å²) in [5.41, 5.74) is 6.57. The van der Waals surface area contributed by atoms with E-state index in [1.165, 1.54) is 5.69 Å². The summed E-state index contributed by atoms with van der Waals surface area (Å²) in [6, 6.07) is 10.6. The Balaban J connectivity index is 0.00000242. The highest BCUT2D eigenvalue weighted by atomic mass is 35.5. The van der Waals surface area contributed by atoms with Crippen molar-refractivity contribution >= 4 is 24.0 Å². The average Bonchev–Trinajstić information content (AvgIpc) is 2.48. The predicted molar refractivity (Wildman–Crippen MR) is 94.6 cm³/mol. The second-order valence-corrected chi connectivity index (χ2v) is 6.26. The van der Waals surface area contributed by atoms with Crippen LogP contribution in [0.5, 0.6) is 0 Å². The first-order valence-corrected chi connectivity index (χ1v) is 7.93. The van der Waals surface area contributed by atoms with E-state index >= 15 is 0 Å². The van der Waals surface area contributed by atoms with Crippen LogP contribution >= 0.6 is 12.4 Å². The Bertz CT molecular complexity index is 464. The smallest absolute Gasteiger partial charge is 0.240 e. The second-order valence-electron chi connectivity index (χ2n) is 6.26. The van der Waals surface area contributed by atoms with Gasteiger partial charge in [-0.15, -0.1) is 12.4 Å². The summed E-state index contributed by atoms with van der Waals surface area (Å²) >= 11 is 0. The summed E-state index contributed by atoms with van der Waals surface area (Å²) in [4.78, 5) is 14.6. The van der Waals surface area contributed by atoms with Gasteiger partial charge >= 0.3 is 0 Å². The van der Waals surface area contributed by atoms with Crippen molar-refractivity contribution in [1.82, 2.24) is 5.32 Å². The lowest BCUT2D eigenvalue weighted by molar-refractivity contribution is -0.126. The lowest BCUT2D eigenvalue weighted by Crippen LogP contribution is -2.57. The summed E-state index contributed by atoms with van der Waals surface area (Å²) < 4.78 is 0. The molecule has 2 rings (SSSR count). The molecule has 3 N–H and O–H groups in total. The SMILES string of the molecule is CCCC(C)(N)C(=O)NC1CCCN(c2ccccc2)C1.Cl. The monoisotopic (exact) mass is 325 g/mol. The van der Waals surface area contributed by atoms with Gasteiger partial charge in [-0.3, -0.25) is 4.79 Å². The maximum atomic E-state index is 12.3. The van der Waals surface area contributed by atoms with Gasteiger partial charge in [0.05, 0.1) is 5.54 Å². The van der Waals surface area contributed by atoms with Crippen LogP contribution in [0.1, 0.15) is 39.5 Å². The zero-order valence-corrected chi connectivity index (χ0v) is 14.4. The zero-order valence-electron chi connectivity index (χ0n) is 13.5. The molecule has 1 amide bonds. The van der Waals surface area contributed by atoms with Gasteiger partial charge in [0.2, 0.25) is 5.91 Å². The molecule has 1 saturated heterocycles. The molecule has 124 valence electrons. The number of nitrogens with one attached hydrogen (secondary N) is 1. The molecule has 5 heteroatoms. The first-order chi connectivity index (χ1) is 10.0. The van der Waals surface area contributed by atoms with E-state index in [9.17, 15) is 4.79 Å². The predicted octanol–water partition coefficient (Wildman–Crippen LogP) is 2.71. The maximum Gasteiger partial charge on any atom is 0.240 e. The maximum absolute atomic E-state index is 12.3. The van der Waals surface area contributed by atoms with Crippen LogP contribution in [0, 0.1) is 0 Å². The van der Waals surface area contributed by atoms with Gasteiger partial charge in [0, 0.05) is 24.8 Å². The van der Waals surface area contributed by atoms with Crippen LogP contribution in [0.25, 0.3) is 0 Å². The van der Waals surface area contributed by atoms with Gasteiger partial charge in [0.1, 0.15) is 0 Å². The van der Waals surface area contributed by atoms with E-state index in [0.717, 1.165) is 32.4 Å². The van der Waals surface area contributed by atoms with E-state index < -0.39 is 5.54 Å². The quantitative estimate of drug-likeness (QED) is 0.875. The van der Waals surface area contributed by atoms with Crippen molar-refractivity contribution in [2.45, 2.75) is 51.1 Å². The number of anilines is 1. The number of carbonyl (C=O) groups is 1. The third kappa shape index (κ3) is 4.89. The Morgan fingerprint density at radius 2 is 2.09 bits per heavy atom. The molecule has 1 aromatic rings. The van der Waals surface area contributed by atoms with E-state index in [1.54, 1.807) is 0 Å². The largest absolute Gasteiger partial charge is 0.369 e. The van der Waals surface area contributed by atoms with Gasteiger partial charge in [-0.2, -0.15) is 0 Å². The van der Waals surface area contributed by atoms with E-state index in [1.807, 2.05) is 13.0 Å². The minimum atomic E-state index is -0.760. The van der Waals surface area contributed by atoms with Crippen molar-refractivity contribution in [3.63, 3.8) is 0 Å². The summed E-state index contributed by atoms with van der Waals surface area (Å²) in [6.45, 7) is 5.78. The lowest BCUT2D eigenvalue weighted by atomic mass is 9.95. The van der Waals surface area contributed by atoms with Gasteiger partial charge in [0.15, 0.2) is 0 Å². The van der Waals surface area contributed by atoms with E-state index in [-0.39, 0.29) is 24.4 Å². The molecule has 0 saturated carbocycles. The van der Waals surface area contributed by atoms with Crippen LogP contribution in [0.2, 0.25) is 0 Å². The Hall–Kier alpha value is -1.26. The number of para-hydroxylation sites is 1. The number of nitrogens with zero attached hydrogens (tertiary/aromatic N) is 1. The minimum Gasteiger partial charge on any atom is -0.369 e. The lowest BCUT2D eigenvalue weighted by Gasteiger charge is -2.36. The summed E-state index contributed by atoms with van der Waals surface area (Å²) in [5.74, 6) is -0.0238. The molecule has 4 nitrogen and oxygen atoms in total. The fourth-order valence-corrected chi connectivity index (χ4v) is 2.95. The molecule has 0 spiro atoms. The Morgan fingerprint density at radius 3 is 2.73 bits per heavy atom. The highest BCUT2D eigenvalue weighted by Gasteiger charge is 2.30. The molecule has 1 aliphatic rings. The van der Waals surface area contributed by atoms with E-state index in [2.05, 4.69) is 41.4 Å². The summed E-state index contributed by atoms with van der Waals surface area (Å²) in [5, 5.41) is 3.14. The van der Waals surface area contributed by atoms with Crippen molar-refractivity contribution in [1.29, 1.82) is 0 Å². The highest BCUT2D eigenvalue weighted by Crippen LogP contribution is 2.20. The van der Waals surface area contributed by atoms with Crippen LogP contribution in [-0.2, 0) is 4.79 Å². The minimum absolute atomic E-state index is 0. The number of nitrogens with two attached hydrogens (primary N) is 1. The Kier molecular flexibility index (Phi) is 7.17. The number of hydrogen-bond acceptors (Lipinski definition) is 3. The Labute approximate surface area is 139 Å². The van der Waals surface area contributed by atoms with Gasteiger partial charge < -0.3 is 16.0 Å². The van der Waals surface area contributed by atoms with Gasteiger partial charge in [0.25, 0.3) is 0 Å². The molecule has 2 unspecified atom stereocenters. The van der Waals surface area contributed by atoms with Crippen molar-refractivity contribution in [2.24, 2.45) is 5.73 Å². The number of amides is 1. The van der Waals surface area contributed by atoms with E-state index in [0.29, 0.717) is 6.42 Å². The molecule has 0 aliphatic carbocycles. The molecule has 1 fully saturated rings. The van der Waals surface area contributed by atoms with Crippen LogP contribution < -0.4 is 16.0 Å². The zero-order chi connectivity index (χ0) is 15.3. The first-order valence-electron chi connectivity index (χ1n) is 7.93. The fourth-order valence-electron chi connectivity index (χ4n) is 2.95. The van der Waals surface area contributed by atoms with Gasteiger partial charge in [-0.25, -0.2) is 0 Å². The highest BCUT2D eigenvalue weighted by molar-refractivity contribution is 5.86. The molecule has 0 aromatic heterocycles. The topological polar surface area (TPSA) is 58.4 Å². The molecule has 0 bridgehead atoms. The van der Waals surface area contributed by atoms with Gasteiger partial charge in [-0.1, -0.05) is 31.5 Å². The average molecular weight is 326 g/mol. The molecule has 22 heavy (non-hydrogen) atoms. The Morgan fingerprint density at radius 1 is 1.41 bits per heavy atom. The molecule has 2 atom stereocenters. The summed E-state index contributed by atoms with van der Waals surface area (Å²) in [7, 11) is 0. The van der Waals surface area contributed by atoms with Crippen LogP contribution in [-0.4, -0.2) is 30.6 Å². The third-order valence-electron chi connectivity index (χ3n) is 4.17. The third-order valence-corrected chi connectivity index (χ3v) is 4.17. The van der Waals surface area contributed by atoms with Crippen molar-refractivity contribution < 1.29 is 4.79 Å². The molecular formula is C17H28ClN3O. The number of hydrogen-bond donors (Lipinski definition) is 2. The first kappa shape index (κ1) is 18.8. The van der Waals surface area contributed by atoms with Gasteiger partial charge in [-0.05, 0) is 38.3 Å². The molecule has 1 aromatic carbocycles. The number of rotatable bonds is 5. The molecule has 1 aliphatic heterocycles. The van der Waals surface area contributed by atoms with Crippen LogP contribution in [0.3, 0.4) is 0 Å². The van der Waals surface area contributed by atoms with Crippen LogP contribution in [0.4, 0.5) is 5.69 Å². The van der Waals surface area contributed by atoms with Crippen LogP contribution in [0.15, 0.2) is 30.3 Å².